The van der Waals surface area contributed by atoms with Gasteiger partial charge in [0.05, 0.1) is 27.3 Å². The van der Waals surface area contributed by atoms with E-state index in [0.29, 0.717) is 30.2 Å². The molecule has 1 aliphatic heterocycles. The Balaban J connectivity index is 1.38. The summed E-state index contributed by atoms with van der Waals surface area (Å²) in [6.07, 6.45) is 3.90. The van der Waals surface area contributed by atoms with Crippen molar-refractivity contribution < 1.29 is 13.2 Å². The minimum Gasteiger partial charge on any atom is -0.369 e. The number of aryl methyl sites for hydroxylation is 1. The Morgan fingerprint density at radius 1 is 1.21 bits per heavy atom. The van der Waals surface area contributed by atoms with E-state index in [0.717, 1.165) is 32.2 Å². The summed E-state index contributed by atoms with van der Waals surface area (Å²) in [5.41, 5.74) is 2.77. The van der Waals surface area contributed by atoms with E-state index >= 15 is 0 Å². The molecule has 1 N–H and O–H groups in total. The number of carbonyl (C=O) groups is 1. The molecule has 1 amide bonds. The molecule has 4 aromatic rings. The summed E-state index contributed by atoms with van der Waals surface area (Å²) in [6.45, 7) is 2.90. The van der Waals surface area contributed by atoms with Crippen molar-refractivity contribution in [3.63, 3.8) is 0 Å². The van der Waals surface area contributed by atoms with Gasteiger partial charge in [0.15, 0.2) is 9.84 Å². The lowest BCUT2D eigenvalue weighted by Crippen LogP contribution is -2.26. The van der Waals surface area contributed by atoms with Crippen molar-refractivity contribution in [2.24, 2.45) is 5.92 Å². The number of nitrogens with one attached hydrogen (secondary N) is 1. The maximum atomic E-state index is 13.4. The Hall–Kier alpha value is -3.11. The number of aromatic nitrogens is 3. The van der Waals surface area contributed by atoms with Gasteiger partial charge in [-0.1, -0.05) is 18.2 Å². The minimum absolute atomic E-state index is 0.0661. The molecule has 10 heteroatoms. The van der Waals surface area contributed by atoms with E-state index in [1.54, 1.807) is 18.1 Å². The van der Waals surface area contributed by atoms with Crippen molar-refractivity contribution in [2.75, 3.05) is 30.4 Å². The van der Waals surface area contributed by atoms with Crippen LogP contribution in [0.2, 0.25) is 0 Å². The molecule has 3 aromatic heterocycles. The van der Waals surface area contributed by atoms with Gasteiger partial charge in [0.25, 0.3) is 5.91 Å². The van der Waals surface area contributed by atoms with Crippen molar-refractivity contribution in [2.45, 2.75) is 19.9 Å². The highest BCUT2D eigenvalue weighted by molar-refractivity contribution is 7.91. The number of pyridine rings is 1. The third-order valence-electron chi connectivity index (χ3n) is 6.30. The number of anilines is 1. The summed E-state index contributed by atoms with van der Waals surface area (Å²) < 4.78 is 23.5. The van der Waals surface area contributed by atoms with Crippen LogP contribution in [0.25, 0.3) is 21.1 Å². The minimum atomic E-state index is -2.93. The summed E-state index contributed by atoms with van der Waals surface area (Å²) in [6, 6.07) is 9.85. The maximum Gasteiger partial charge on any atom is 0.264 e. The molecule has 1 aromatic carbocycles. The highest BCUT2D eigenvalue weighted by Gasteiger charge is 2.28. The fourth-order valence-corrected chi connectivity index (χ4v) is 7.49. The van der Waals surface area contributed by atoms with Crippen molar-refractivity contribution in [1.29, 1.82) is 0 Å². The lowest BCUT2D eigenvalue weighted by molar-refractivity contribution is 0.0790. The summed E-state index contributed by atoms with van der Waals surface area (Å²) in [7, 11) is -1.13. The van der Waals surface area contributed by atoms with Crippen LogP contribution in [0.5, 0.6) is 0 Å². The number of hydrogen-bond acceptors (Lipinski definition) is 8. The summed E-state index contributed by atoms with van der Waals surface area (Å²) in [4.78, 5) is 29.7. The van der Waals surface area contributed by atoms with Gasteiger partial charge in [-0.3, -0.25) is 9.78 Å². The normalized spacial score (nSPS) is 17.3. The molecule has 176 valence electrons. The molecular weight excluding hydrogens is 470 g/mol. The number of rotatable bonds is 6. The van der Waals surface area contributed by atoms with Crippen LogP contribution >= 0.6 is 11.3 Å². The standard InChI is InChI=1S/C24H25N5O3S2/c1-15-20-22(26-11-16-8-10-34(31,32)13-16)27-14-28-23(20)33-21(15)24(30)29(2)12-17-5-3-7-19-18(17)6-4-9-25-19/h3-7,9,14,16H,8,10-13H2,1-2H3,(H,26,27,28). The monoisotopic (exact) mass is 495 g/mol. The van der Waals surface area contributed by atoms with Crippen LogP contribution in [-0.4, -0.2) is 59.3 Å². The molecule has 1 fully saturated rings. The SMILES string of the molecule is Cc1c(C(=O)N(C)Cc2cccc3ncccc23)sc2ncnc(NCC3CCS(=O)(=O)C3)c12. The molecule has 0 radical (unpaired) electrons. The highest BCUT2D eigenvalue weighted by Crippen LogP contribution is 2.34. The number of sulfone groups is 1. The fraction of sp³-hybridized carbons (Fsp3) is 0.333. The topological polar surface area (TPSA) is 105 Å². The van der Waals surface area contributed by atoms with Crippen LogP contribution in [-0.2, 0) is 16.4 Å². The van der Waals surface area contributed by atoms with Crippen LogP contribution in [0.3, 0.4) is 0 Å². The average Bonchev–Trinajstić information content (AvgIpc) is 3.36. The molecular formula is C24H25N5O3S2. The first-order valence-electron chi connectivity index (χ1n) is 11.1. The predicted octanol–water partition coefficient (Wildman–Crippen LogP) is 3.67. The Bertz CT molecular complexity index is 1490. The molecule has 1 aliphatic rings. The van der Waals surface area contributed by atoms with Gasteiger partial charge in [-0.05, 0) is 42.5 Å². The second-order valence-corrected chi connectivity index (χ2v) is 12.0. The van der Waals surface area contributed by atoms with E-state index in [9.17, 15) is 13.2 Å². The van der Waals surface area contributed by atoms with Crippen molar-refractivity contribution >= 4 is 54.0 Å². The third kappa shape index (κ3) is 4.35. The number of benzene rings is 1. The van der Waals surface area contributed by atoms with Gasteiger partial charge in [0, 0.05) is 31.7 Å². The molecule has 0 saturated carbocycles. The van der Waals surface area contributed by atoms with Crippen molar-refractivity contribution in [1.82, 2.24) is 19.9 Å². The zero-order chi connectivity index (χ0) is 23.9. The van der Waals surface area contributed by atoms with Crippen LogP contribution < -0.4 is 5.32 Å². The van der Waals surface area contributed by atoms with Gasteiger partial charge < -0.3 is 10.2 Å². The smallest absolute Gasteiger partial charge is 0.264 e. The molecule has 0 aliphatic carbocycles. The van der Waals surface area contributed by atoms with Crippen LogP contribution in [0.15, 0.2) is 42.9 Å². The second-order valence-electron chi connectivity index (χ2n) is 8.76. The van der Waals surface area contributed by atoms with Crippen molar-refractivity contribution in [3.8, 4) is 0 Å². The number of hydrogen-bond donors (Lipinski definition) is 1. The Labute approximate surface area is 202 Å². The summed E-state index contributed by atoms with van der Waals surface area (Å²) >= 11 is 1.36. The number of thiophene rings is 1. The predicted molar refractivity (Wildman–Crippen MR) is 135 cm³/mol. The zero-order valence-corrected chi connectivity index (χ0v) is 20.6. The highest BCUT2D eigenvalue weighted by atomic mass is 32.2. The maximum absolute atomic E-state index is 13.4. The van der Waals surface area contributed by atoms with Gasteiger partial charge in [0.2, 0.25) is 0 Å². The quantitative estimate of drug-likeness (QED) is 0.435. The van der Waals surface area contributed by atoms with Crippen LogP contribution in [0, 0.1) is 12.8 Å². The van der Waals surface area contributed by atoms with Gasteiger partial charge in [0.1, 0.15) is 17.0 Å². The van der Waals surface area contributed by atoms with Crippen LogP contribution in [0.4, 0.5) is 5.82 Å². The van der Waals surface area contributed by atoms with E-state index < -0.39 is 9.84 Å². The third-order valence-corrected chi connectivity index (χ3v) is 9.32. The lowest BCUT2D eigenvalue weighted by Gasteiger charge is -2.18. The van der Waals surface area contributed by atoms with Crippen molar-refractivity contribution in [3.05, 3.63) is 58.9 Å². The lowest BCUT2D eigenvalue weighted by atomic mass is 10.1. The van der Waals surface area contributed by atoms with Gasteiger partial charge >= 0.3 is 0 Å². The zero-order valence-electron chi connectivity index (χ0n) is 19.0. The van der Waals surface area contributed by atoms with E-state index in [1.165, 1.54) is 17.7 Å². The molecule has 8 nitrogen and oxygen atoms in total. The molecule has 4 heterocycles. The molecule has 5 rings (SSSR count). The fourth-order valence-electron chi connectivity index (χ4n) is 4.49. The Kier molecular flexibility index (Phi) is 5.95. The van der Waals surface area contributed by atoms with E-state index in [4.69, 9.17) is 0 Å². The molecule has 1 unspecified atom stereocenters. The van der Waals surface area contributed by atoms with E-state index in [2.05, 4.69) is 20.3 Å². The van der Waals surface area contributed by atoms with Crippen LogP contribution in [0.1, 0.15) is 27.2 Å². The summed E-state index contributed by atoms with van der Waals surface area (Å²) in [5, 5.41) is 5.16. The first-order valence-corrected chi connectivity index (χ1v) is 13.7. The number of nitrogens with zero attached hydrogens (tertiary/aromatic N) is 4. The summed E-state index contributed by atoms with van der Waals surface area (Å²) in [5.74, 6) is 1.08. The molecule has 1 atom stereocenters. The largest absolute Gasteiger partial charge is 0.369 e. The average molecular weight is 496 g/mol. The first kappa shape index (κ1) is 22.7. The number of amides is 1. The molecule has 1 saturated heterocycles. The number of carbonyl (C=O) groups excluding carboxylic acids is 1. The van der Waals surface area contributed by atoms with E-state index in [-0.39, 0.29) is 23.3 Å². The molecule has 0 bridgehead atoms. The first-order chi connectivity index (χ1) is 16.3. The second kappa shape index (κ2) is 8.92. The Morgan fingerprint density at radius 3 is 2.85 bits per heavy atom. The van der Waals surface area contributed by atoms with E-state index in [1.807, 2.05) is 37.3 Å². The van der Waals surface area contributed by atoms with Gasteiger partial charge in [-0.25, -0.2) is 18.4 Å². The van der Waals surface area contributed by atoms with Gasteiger partial charge in [-0.15, -0.1) is 11.3 Å². The molecule has 34 heavy (non-hydrogen) atoms. The Morgan fingerprint density at radius 2 is 2.06 bits per heavy atom. The molecule has 0 spiro atoms. The van der Waals surface area contributed by atoms with Gasteiger partial charge in [-0.2, -0.15) is 0 Å². The number of fused-ring (bicyclic) bond motifs is 2.